The molecule has 116 valence electrons. The van der Waals surface area contributed by atoms with E-state index in [-0.39, 0.29) is 0 Å². The highest BCUT2D eigenvalue weighted by Gasteiger charge is 2.37. The predicted molar refractivity (Wildman–Crippen MR) is 84.1 cm³/mol. The number of hydrogen-bond donors (Lipinski definition) is 1. The summed E-state index contributed by atoms with van der Waals surface area (Å²) in [4.78, 5) is 2.65. The minimum absolute atomic E-state index is 0.578. The lowest BCUT2D eigenvalue weighted by Gasteiger charge is -2.25. The highest BCUT2D eigenvalue weighted by atomic mass is 16.5. The summed E-state index contributed by atoms with van der Waals surface area (Å²) in [5, 5.41) is 3.50. The van der Waals surface area contributed by atoms with Crippen molar-refractivity contribution in [3.05, 3.63) is 23.8 Å². The largest absolute Gasteiger partial charge is 0.493 e. The van der Waals surface area contributed by atoms with Gasteiger partial charge in [-0.05, 0) is 56.0 Å². The molecule has 2 heterocycles. The van der Waals surface area contributed by atoms with E-state index >= 15 is 0 Å². The van der Waals surface area contributed by atoms with Crippen molar-refractivity contribution in [1.82, 2.24) is 10.2 Å². The van der Waals surface area contributed by atoms with Crippen LogP contribution in [0.25, 0.3) is 0 Å². The van der Waals surface area contributed by atoms with E-state index < -0.39 is 0 Å². The molecular weight excluding hydrogens is 264 g/mol. The zero-order valence-corrected chi connectivity index (χ0v) is 13.3. The molecule has 0 spiro atoms. The molecule has 2 saturated heterocycles. The van der Waals surface area contributed by atoms with Crippen molar-refractivity contribution in [2.45, 2.75) is 19.4 Å². The lowest BCUT2D eigenvalue weighted by Crippen LogP contribution is -2.35. The number of fused-ring (bicyclic) bond motifs is 1. The predicted octanol–water partition coefficient (Wildman–Crippen LogP) is 1.79. The molecule has 2 aliphatic rings. The topological polar surface area (TPSA) is 33.7 Å². The Labute approximate surface area is 127 Å². The highest BCUT2D eigenvalue weighted by Crippen LogP contribution is 2.31. The average molecular weight is 290 g/mol. The number of hydrogen-bond acceptors (Lipinski definition) is 4. The quantitative estimate of drug-likeness (QED) is 0.896. The summed E-state index contributed by atoms with van der Waals surface area (Å²) in [5.74, 6) is 3.34. The molecule has 21 heavy (non-hydrogen) atoms. The van der Waals surface area contributed by atoms with Crippen LogP contribution in [0.4, 0.5) is 0 Å². The molecule has 3 rings (SSSR count). The fraction of sp³-hybridized carbons (Fsp3) is 0.647. The summed E-state index contributed by atoms with van der Waals surface area (Å²) in [6.45, 7) is 7.22. The Morgan fingerprint density at radius 2 is 1.81 bits per heavy atom. The first-order chi connectivity index (χ1) is 10.2. The van der Waals surface area contributed by atoms with E-state index in [1.807, 2.05) is 6.07 Å². The number of rotatable bonds is 5. The van der Waals surface area contributed by atoms with Gasteiger partial charge in [-0.2, -0.15) is 0 Å². The number of likely N-dealkylation sites (tertiary alicyclic amines) is 1. The van der Waals surface area contributed by atoms with Crippen LogP contribution in [0.1, 0.15) is 12.5 Å². The molecular formula is C17H26N2O2. The Morgan fingerprint density at radius 3 is 2.43 bits per heavy atom. The van der Waals surface area contributed by atoms with Gasteiger partial charge in [-0.1, -0.05) is 6.07 Å². The zero-order chi connectivity index (χ0) is 14.8. The second-order valence-electron chi connectivity index (χ2n) is 6.37. The molecule has 0 amide bonds. The van der Waals surface area contributed by atoms with Crippen molar-refractivity contribution in [2.75, 3.05) is 40.4 Å². The first-order valence-corrected chi connectivity index (χ1v) is 7.87. The smallest absolute Gasteiger partial charge is 0.160 e. The molecule has 0 radical (unpaired) electrons. The average Bonchev–Trinajstić information content (AvgIpc) is 3.08. The second-order valence-corrected chi connectivity index (χ2v) is 6.37. The summed E-state index contributed by atoms with van der Waals surface area (Å²) in [7, 11) is 3.37. The van der Waals surface area contributed by atoms with Crippen LogP contribution in [0.3, 0.4) is 0 Å². The fourth-order valence-electron chi connectivity index (χ4n) is 3.73. The lowest BCUT2D eigenvalue weighted by molar-refractivity contribution is 0.239. The van der Waals surface area contributed by atoms with Gasteiger partial charge in [-0.3, -0.25) is 4.90 Å². The fourth-order valence-corrected chi connectivity index (χ4v) is 3.73. The maximum atomic E-state index is 5.40. The van der Waals surface area contributed by atoms with Gasteiger partial charge in [0.15, 0.2) is 11.5 Å². The van der Waals surface area contributed by atoms with Gasteiger partial charge in [-0.25, -0.2) is 0 Å². The number of nitrogens with one attached hydrogen (secondary N) is 1. The maximum absolute atomic E-state index is 5.40. The molecule has 3 atom stereocenters. The Hall–Kier alpha value is -1.26. The molecule has 1 aromatic rings. The molecule has 1 aromatic carbocycles. The standard InChI is InChI=1S/C17H26N2O2/c1-12(19-10-14-8-18-9-15(14)11-19)6-13-4-5-16(20-2)17(7-13)21-3/h4-5,7,12,14-15,18H,6,8-11H2,1-3H3. The minimum atomic E-state index is 0.578. The van der Waals surface area contributed by atoms with Crippen molar-refractivity contribution >= 4 is 0 Å². The van der Waals surface area contributed by atoms with Gasteiger partial charge < -0.3 is 14.8 Å². The summed E-state index contributed by atoms with van der Waals surface area (Å²) in [5.41, 5.74) is 1.32. The van der Waals surface area contributed by atoms with Crippen molar-refractivity contribution < 1.29 is 9.47 Å². The molecule has 2 aliphatic heterocycles. The number of benzene rings is 1. The lowest BCUT2D eigenvalue weighted by atomic mass is 10.0. The van der Waals surface area contributed by atoms with Gasteiger partial charge in [0.2, 0.25) is 0 Å². The van der Waals surface area contributed by atoms with Gasteiger partial charge in [0, 0.05) is 19.1 Å². The Balaban J connectivity index is 1.63. The second kappa shape index (κ2) is 6.24. The van der Waals surface area contributed by atoms with Crippen LogP contribution in [0.15, 0.2) is 18.2 Å². The molecule has 1 N–H and O–H groups in total. The van der Waals surface area contributed by atoms with Crippen LogP contribution in [0.2, 0.25) is 0 Å². The first kappa shape index (κ1) is 14.7. The molecule has 0 saturated carbocycles. The van der Waals surface area contributed by atoms with Crippen LogP contribution in [0.5, 0.6) is 11.5 Å². The van der Waals surface area contributed by atoms with Crippen molar-refractivity contribution in [2.24, 2.45) is 11.8 Å². The van der Waals surface area contributed by atoms with Crippen LogP contribution < -0.4 is 14.8 Å². The molecule has 4 nitrogen and oxygen atoms in total. The van der Waals surface area contributed by atoms with Crippen molar-refractivity contribution in [3.63, 3.8) is 0 Å². The van der Waals surface area contributed by atoms with Crippen LogP contribution >= 0.6 is 0 Å². The third kappa shape index (κ3) is 3.01. The van der Waals surface area contributed by atoms with Crippen LogP contribution in [-0.4, -0.2) is 51.3 Å². The molecule has 2 fully saturated rings. The van der Waals surface area contributed by atoms with E-state index in [1.54, 1.807) is 14.2 Å². The summed E-state index contributed by atoms with van der Waals surface area (Å²) in [6, 6.07) is 6.84. The van der Waals surface area contributed by atoms with Crippen molar-refractivity contribution in [1.29, 1.82) is 0 Å². The van der Waals surface area contributed by atoms with Gasteiger partial charge in [0.1, 0.15) is 0 Å². The normalized spacial score (nSPS) is 26.6. The van der Waals surface area contributed by atoms with Crippen molar-refractivity contribution in [3.8, 4) is 11.5 Å². The first-order valence-electron chi connectivity index (χ1n) is 7.87. The summed E-state index contributed by atoms with van der Waals surface area (Å²) in [6.07, 6.45) is 1.06. The van der Waals surface area contributed by atoms with Gasteiger partial charge in [0.05, 0.1) is 14.2 Å². The van der Waals surface area contributed by atoms with Crippen LogP contribution in [0, 0.1) is 11.8 Å². The summed E-state index contributed by atoms with van der Waals surface area (Å²) >= 11 is 0. The van der Waals surface area contributed by atoms with E-state index in [9.17, 15) is 0 Å². The van der Waals surface area contributed by atoms with E-state index in [1.165, 1.54) is 31.7 Å². The molecule has 0 aromatic heterocycles. The SMILES string of the molecule is COc1ccc(CC(C)N2CC3CNCC3C2)cc1OC. The van der Waals surface area contributed by atoms with E-state index in [0.717, 1.165) is 29.8 Å². The molecule has 0 bridgehead atoms. The number of nitrogens with zero attached hydrogens (tertiary/aromatic N) is 1. The number of methoxy groups -OCH3 is 2. The third-order valence-corrected chi connectivity index (χ3v) is 5.02. The molecule has 3 unspecified atom stereocenters. The maximum Gasteiger partial charge on any atom is 0.160 e. The monoisotopic (exact) mass is 290 g/mol. The minimum Gasteiger partial charge on any atom is -0.493 e. The Kier molecular flexibility index (Phi) is 4.36. The van der Waals surface area contributed by atoms with E-state index in [2.05, 4.69) is 29.3 Å². The van der Waals surface area contributed by atoms with E-state index in [4.69, 9.17) is 9.47 Å². The number of ether oxygens (including phenoxy) is 2. The molecule has 4 heteroatoms. The van der Waals surface area contributed by atoms with Gasteiger partial charge in [0.25, 0.3) is 0 Å². The molecule has 0 aliphatic carbocycles. The third-order valence-electron chi connectivity index (χ3n) is 5.02. The Bertz CT molecular complexity index is 480. The Morgan fingerprint density at radius 1 is 1.14 bits per heavy atom. The van der Waals surface area contributed by atoms with Gasteiger partial charge in [-0.15, -0.1) is 0 Å². The van der Waals surface area contributed by atoms with Crippen LogP contribution in [-0.2, 0) is 6.42 Å². The highest BCUT2D eigenvalue weighted by molar-refractivity contribution is 5.43. The zero-order valence-electron chi connectivity index (χ0n) is 13.3. The van der Waals surface area contributed by atoms with E-state index in [0.29, 0.717) is 6.04 Å². The van der Waals surface area contributed by atoms with Gasteiger partial charge >= 0.3 is 0 Å². The summed E-state index contributed by atoms with van der Waals surface area (Å²) < 4.78 is 10.7.